The highest BCUT2D eigenvalue weighted by Gasteiger charge is 2.46. The smallest absolute Gasteiger partial charge is 0.257 e. The van der Waals surface area contributed by atoms with E-state index in [1.807, 2.05) is 12.1 Å². The van der Waals surface area contributed by atoms with Crippen molar-refractivity contribution in [2.75, 3.05) is 10.2 Å². The summed E-state index contributed by atoms with van der Waals surface area (Å²) in [5.74, 6) is -1.06. The van der Waals surface area contributed by atoms with Crippen LogP contribution in [0.3, 0.4) is 0 Å². The Morgan fingerprint density at radius 2 is 1.60 bits per heavy atom. The lowest BCUT2D eigenvalue weighted by atomic mass is 10.0. The van der Waals surface area contributed by atoms with Gasteiger partial charge < -0.3 is 10.2 Å². The fourth-order valence-electron chi connectivity index (χ4n) is 5.04. The average molecular weight is 496 g/mol. The SMILES string of the molecule is CC(=O)Nc1ccc(N2C(=O)CC(N(C(=O)Cc3ccc(Cl)cc3)C3CCCCCC3)C2=O)cc1. The number of halogens is 1. The second-order valence-corrected chi connectivity index (χ2v) is 9.70. The average Bonchev–Trinajstić information content (AvgIpc) is 2.97. The molecule has 0 spiro atoms. The molecule has 1 aliphatic carbocycles. The van der Waals surface area contributed by atoms with Gasteiger partial charge in [0.25, 0.3) is 5.91 Å². The number of carbonyl (C=O) groups excluding carboxylic acids is 4. The quantitative estimate of drug-likeness (QED) is 0.464. The predicted octanol–water partition coefficient (Wildman–Crippen LogP) is 4.72. The summed E-state index contributed by atoms with van der Waals surface area (Å²) in [6.07, 6.45) is 5.99. The molecule has 1 unspecified atom stereocenters. The van der Waals surface area contributed by atoms with Gasteiger partial charge in [-0.05, 0) is 54.8 Å². The summed E-state index contributed by atoms with van der Waals surface area (Å²) in [7, 11) is 0. The predicted molar refractivity (Wildman–Crippen MR) is 135 cm³/mol. The molecule has 2 aromatic carbocycles. The first-order chi connectivity index (χ1) is 16.8. The Labute approximate surface area is 210 Å². The summed E-state index contributed by atoms with van der Waals surface area (Å²) in [4.78, 5) is 54.4. The van der Waals surface area contributed by atoms with Gasteiger partial charge in [-0.3, -0.25) is 19.2 Å². The van der Waals surface area contributed by atoms with Gasteiger partial charge in [0.2, 0.25) is 17.7 Å². The van der Waals surface area contributed by atoms with Gasteiger partial charge in [-0.15, -0.1) is 0 Å². The van der Waals surface area contributed by atoms with Crippen LogP contribution in [0.15, 0.2) is 48.5 Å². The molecule has 2 aromatic rings. The molecule has 7 nitrogen and oxygen atoms in total. The van der Waals surface area contributed by atoms with E-state index in [0.717, 1.165) is 44.1 Å². The highest BCUT2D eigenvalue weighted by molar-refractivity contribution is 6.30. The standard InChI is InChI=1S/C27H30ClN3O4/c1-18(32)29-21-12-14-23(15-13-21)31-26(34)17-24(27(31)35)30(22-6-4-2-3-5-7-22)25(33)16-19-8-10-20(28)11-9-19/h8-15,22,24H,2-7,16-17H2,1H3,(H,29,32). The number of nitrogens with zero attached hydrogens (tertiary/aromatic N) is 2. The van der Waals surface area contributed by atoms with Crippen LogP contribution in [-0.4, -0.2) is 40.6 Å². The number of carbonyl (C=O) groups is 4. The van der Waals surface area contributed by atoms with Crippen LogP contribution in [-0.2, 0) is 25.6 Å². The zero-order valence-corrected chi connectivity index (χ0v) is 20.6. The minimum atomic E-state index is -0.819. The number of anilines is 2. The molecule has 2 fully saturated rings. The van der Waals surface area contributed by atoms with Crippen molar-refractivity contribution < 1.29 is 19.2 Å². The van der Waals surface area contributed by atoms with Crippen molar-refractivity contribution >= 4 is 46.6 Å². The lowest BCUT2D eigenvalue weighted by Crippen LogP contribution is -2.51. The van der Waals surface area contributed by atoms with E-state index < -0.39 is 6.04 Å². The maximum Gasteiger partial charge on any atom is 0.257 e. The first-order valence-corrected chi connectivity index (χ1v) is 12.5. The summed E-state index contributed by atoms with van der Waals surface area (Å²) in [5.41, 5.74) is 1.83. The van der Waals surface area contributed by atoms with Gasteiger partial charge in [0.05, 0.1) is 18.5 Å². The molecule has 1 aliphatic heterocycles. The molecule has 1 saturated carbocycles. The number of hydrogen-bond donors (Lipinski definition) is 1. The third-order valence-electron chi connectivity index (χ3n) is 6.68. The molecule has 184 valence electrons. The molecule has 0 radical (unpaired) electrons. The molecule has 1 N–H and O–H groups in total. The Morgan fingerprint density at radius 3 is 2.20 bits per heavy atom. The lowest BCUT2D eigenvalue weighted by molar-refractivity contribution is -0.140. The van der Waals surface area contributed by atoms with E-state index in [-0.39, 0.29) is 42.5 Å². The number of nitrogens with one attached hydrogen (secondary N) is 1. The van der Waals surface area contributed by atoms with E-state index >= 15 is 0 Å². The summed E-state index contributed by atoms with van der Waals surface area (Å²) < 4.78 is 0. The van der Waals surface area contributed by atoms with Crippen molar-refractivity contribution in [3.05, 3.63) is 59.1 Å². The molecule has 35 heavy (non-hydrogen) atoms. The summed E-state index contributed by atoms with van der Waals surface area (Å²) in [5, 5.41) is 3.27. The van der Waals surface area contributed by atoms with Crippen molar-refractivity contribution in [1.29, 1.82) is 0 Å². The molecule has 0 bridgehead atoms. The summed E-state index contributed by atoms with van der Waals surface area (Å²) in [6, 6.07) is 12.8. The third kappa shape index (κ3) is 5.90. The number of benzene rings is 2. The molecule has 8 heteroatoms. The van der Waals surface area contributed by atoms with E-state index in [1.165, 1.54) is 11.8 Å². The van der Waals surface area contributed by atoms with E-state index in [1.54, 1.807) is 41.3 Å². The molecule has 2 aliphatic rings. The highest BCUT2D eigenvalue weighted by atomic mass is 35.5. The molecule has 1 heterocycles. The minimum Gasteiger partial charge on any atom is -0.327 e. The number of amides is 4. The van der Waals surface area contributed by atoms with Gasteiger partial charge in [-0.25, -0.2) is 4.90 Å². The fraction of sp³-hybridized carbons (Fsp3) is 0.407. The molecule has 4 rings (SSSR count). The molecule has 1 saturated heterocycles. The monoisotopic (exact) mass is 495 g/mol. The summed E-state index contributed by atoms with van der Waals surface area (Å²) >= 11 is 5.99. The van der Waals surface area contributed by atoms with Crippen LogP contribution in [0.1, 0.15) is 57.4 Å². The molecule has 0 aromatic heterocycles. The fourth-order valence-corrected chi connectivity index (χ4v) is 5.16. The van der Waals surface area contributed by atoms with Gasteiger partial charge in [0.1, 0.15) is 6.04 Å². The van der Waals surface area contributed by atoms with Gasteiger partial charge in [0, 0.05) is 23.7 Å². The topological polar surface area (TPSA) is 86.8 Å². The second-order valence-electron chi connectivity index (χ2n) is 9.27. The van der Waals surface area contributed by atoms with Gasteiger partial charge in [-0.2, -0.15) is 0 Å². The Hall–Kier alpha value is -3.19. The number of hydrogen-bond acceptors (Lipinski definition) is 4. The first kappa shape index (κ1) is 24.9. The van der Waals surface area contributed by atoms with Crippen LogP contribution in [0, 0.1) is 0 Å². The van der Waals surface area contributed by atoms with Gasteiger partial charge in [-0.1, -0.05) is 49.4 Å². The summed E-state index contributed by atoms with van der Waals surface area (Å²) in [6.45, 7) is 1.41. The Balaban J connectivity index is 1.59. The zero-order chi connectivity index (χ0) is 24.9. The largest absolute Gasteiger partial charge is 0.327 e. The van der Waals surface area contributed by atoms with Crippen molar-refractivity contribution in [2.24, 2.45) is 0 Å². The molecular weight excluding hydrogens is 466 g/mol. The molecule has 1 atom stereocenters. The Kier molecular flexibility index (Phi) is 7.86. The van der Waals surface area contributed by atoms with Gasteiger partial charge in [0.15, 0.2) is 0 Å². The van der Waals surface area contributed by atoms with Crippen molar-refractivity contribution in [3.63, 3.8) is 0 Å². The Bertz CT molecular complexity index is 1090. The molecule has 4 amide bonds. The van der Waals surface area contributed by atoms with Crippen LogP contribution in [0.4, 0.5) is 11.4 Å². The maximum atomic E-state index is 13.6. The van der Waals surface area contributed by atoms with Crippen LogP contribution >= 0.6 is 11.6 Å². The van der Waals surface area contributed by atoms with Crippen LogP contribution in [0.5, 0.6) is 0 Å². The van der Waals surface area contributed by atoms with E-state index in [0.29, 0.717) is 16.4 Å². The van der Waals surface area contributed by atoms with E-state index in [9.17, 15) is 19.2 Å². The van der Waals surface area contributed by atoms with E-state index in [4.69, 9.17) is 11.6 Å². The second kappa shape index (κ2) is 11.0. The van der Waals surface area contributed by atoms with E-state index in [2.05, 4.69) is 5.32 Å². The lowest BCUT2D eigenvalue weighted by Gasteiger charge is -2.35. The third-order valence-corrected chi connectivity index (χ3v) is 6.93. The van der Waals surface area contributed by atoms with Gasteiger partial charge >= 0.3 is 0 Å². The first-order valence-electron chi connectivity index (χ1n) is 12.1. The normalized spacial score (nSPS) is 18.9. The van der Waals surface area contributed by atoms with Crippen molar-refractivity contribution in [3.8, 4) is 0 Å². The minimum absolute atomic E-state index is 0.0326. The van der Waals surface area contributed by atoms with Crippen molar-refractivity contribution in [1.82, 2.24) is 4.90 Å². The number of rotatable bonds is 6. The number of imide groups is 1. The Morgan fingerprint density at radius 1 is 0.971 bits per heavy atom. The van der Waals surface area contributed by atoms with Crippen molar-refractivity contribution in [2.45, 2.75) is 70.4 Å². The highest BCUT2D eigenvalue weighted by Crippen LogP contribution is 2.32. The van der Waals surface area contributed by atoms with Crippen LogP contribution in [0.25, 0.3) is 0 Å². The maximum absolute atomic E-state index is 13.6. The zero-order valence-electron chi connectivity index (χ0n) is 19.8. The van der Waals surface area contributed by atoms with Crippen LogP contribution in [0.2, 0.25) is 5.02 Å². The van der Waals surface area contributed by atoms with Crippen LogP contribution < -0.4 is 10.2 Å². The molecular formula is C27H30ClN3O4.